The molecule has 1 aliphatic rings. The maximum atomic E-state index is 13.1. The zero-order valence-corrected chi connectivity index (χ0v) is 17.6. The minimum Gasteiger partial charge on any atom is -0.344 e. The largest absolute Gasteiger partial charge is 0.344 e. The first-order valence-corrected chi connectivity index (χ1v) is 11.2. The molecule has 1 fully saturated rings. The molecule has 0 spiro atoms. The lowest BCUT2D eigenvalue weighted by molar-refractivity contribution is -0.135. The zero-order chi connectivity index (χ0) is 19.9. The van der Waals surface area contributed by atoms with E-state index in [2.05, 4.69) is 42.6 Å². The lowest BCUT2D eigenvalue weighted by Crippen LogP contribution is -2.46. The van der Waals surface area contributed by atoms with Crippen LogP contribution in [0.4, 0.5) is 0 Å². The molecule has 5 heteroatoms. The van der Waals surface area contributed by atoms with Gasteiger partial charge < -0.3 is 10.2 Å². The van der Waals surface area contributed by atoms with Gasteiger partial charge in [0.2, 0.25) is 11.8 Å². The summed E-state index contributed by atoms with van der Waals surface area (Å²) in [6, 6.07) is 12.5. The Balaban J connectivity index is 1.74. The third kappa shape index (κ3) is 5.02. The number of hydrogen-bond donors (Lipinski definition) is 1. The molecule has 1 aromatic carbocycles. The number of thiophene rings is 1. The van der Waals surface area contributed by atoms with Crippen LogP contribution in [0.15, 0.2) is 41.8 Å². The molecule has 2 amide bonds. The van der Waals surface area contributed by atoms with E-state index in [0.717, 1.165) is 42.7 Å². The van der Waals surface area contributed by atoms with Gasteiger partial charge in [-0.1, -0.05) is 50.6 Å². The molecule has 1 aliphatic heterocycles. The van der Waals surface area contributed by atoms with Gasteiger partial charge in [-0.2, -0.15) is 0 Å². The molecular weight excluding hydrogens is 368 g/mol. The predicted octanol–water partition coefficient (Wildman–Crippen LogP) is 4.55. The molecule has 28 heavy (non-hydrogen) atoms. The average molecular weight is 399 g/mol. The minimum absolute atomic E-state index is 0.0460. The van der Waals surface area contributed by atoms with Crippen LogP contribution in [-0.4, -0.2) is 29.8 Å². The number of nitrogens with one attached hydrogen (secondary N) is 1. The number of carbonyl (C=O) groups excluding carboxylic acids is 2. The molecule has 0 aliphatic carbocycles. The first-order valence-electron chi connectivity index (χ1n) is 10.3. The van der Waals surface area contributed by atoms with E-state index in [1.54, 1.807) is 11.3 Å². The van der Waals surface area contributed by atoms with Crippen molar-refractivity contribution in [3.63, 3.8) is 0 Å². The van der Waals surface area contributed by atoms with Gasteiger partial charge in [-0.15, -0.1) is 11.3 Å². The average Bonchev–Trinajstić information content (AvgIpc) is 3.27. The highest BCUT2D eigenvalue weighted by atomic mass is 32.1. The Kier molecular flexibility index (Phi) is 7.26. The molecule has 2 atom stereocenters. The molecular formula is C23H30N2O2S. The van der Waals surface area contributed by atoms with Crippen molar-refractivity contribution in [2.45, 2.75) is 52.0 Å². The number of likely N-dealkylation sites (tertiary alicyclic amines) is 1. The maximum absolute atomic E-state index is 13.1. The van der Waals surface area contributed by atoms with Gasteiger partial charge in [-0.3, -0.25) is 9.59 Å². The van der Waals surface area contributed by atoms with E-state index in [-0.39, 0.29) is 23.8 Å². The zero-order valence-electron chi connectivity index (χ0n) is 16.8. The summed E-state index contributed by atoms with van der Waals surface area (Å²) in [5.74, 6) is 0.0505. The van der Waals surface area contributed by atoms with Gasteiger partial charge in [0.15, 0.2) is 0 Å². The van der Waals surface area contributed by atoms with Crippen molar-refractivity contribution >= 4 is 23.2 Å². The summed E-state index contributed by atoms with van der Waals surface area (Å²) in [5, 5.41) is 5.31. The molecule has 1 saturated heterocycles. The summed E-state index contributed by atoms with van der Waals surface area (Å²) in [5.41, 5.74) is 2.43. The van der Waals surface area contributed by atoms with Gasteiger partial charge >= 0.3 is 0 Å². The van der Waals surface area contributed by atoms with Crippen molar-refractivity contribution in [2.24, 2.45) is 5.92 Å². The van der Waals surface area contributed by atoms with E-state index < -0.39 is 0 Å². The number of carbonyl (C=O) groups is 2. The molecule has 150 valence electrons. The molecule has 1 N–H and O–H groups in total. The fraction of sp³-hybridized carbons (Fsp3) is 0.478. The Morgan fingerprint density at radius 1 is 1.21 bits per heavy atom. The van der Waals surface area contributed by atoms with Gasteiger partial charge in [0.1, 0.15) is 0 Å². The van der Waals surface area contributed by atoms with Crippen LogP contribution in [0.25, 0.3) is 0 Å². The van der Waals surface area contributed by atoms with Gasteiger partial charge in [-0.25, -0.2) is 0 Å². The van der Waals surface area contributed by atoms with Crippen molar-refractivity contribution in [3.8, 4) is 0 Å². The summed E-state index contributed by atoms with van der Waals surface area (Å²) in [6.45, 7) is 5.36. The second-order valence-corrected chi connectivity index (χ2v) is 8.46. The molecule has 3 rings (SSSR count). The molecule has 2 heterocycles. The monoisotopic (exact) mass is 398 g/mol. The molecule has 4 nitrogen and oxygen atoms in total. The number of benzene rings is 1. The Morgan fingerprint density at radius 2 is 2.00 bits per heavy atom. The second kappa shape index (κ2) is 9.87. The van der Waals surface area contributed by atoms with Crippen LogP contribution in [0.5, 0.6) is 0 Å². The van der Waals surface area contributed by atoms with E-state index >= 15 is 0 Å². The third-order valence-corrected chi connectivity index (χ3v) is 6.35. The molecule has 2 unspecified atom stereocenters. The smallest absolute Gasteiger partial charge is 0.225 e. The summed E-state index contributed by atoms with van der Waals surface area (Å²) in [7, 11) is 0. The normalized spacial score (nSPS) is 17.9. The lowest BCUT2D eigenvalue weighted by Gasteiger charge is -2.33. The van der Waals surface area contributed by atoms with Crippen LogP contribution in [-0.2, 0) is 16.0 Å². The van der Waals surface area contributed by atoms with Crippen LogP contribution >= 0.6 is 11.3 Å². The number of nitrogens with zero attached hydrogens (tertiary/aromatic N) is 1. The summed E-state index contributed by atoms with van der Waals surface area (Å²) < 4.78 is 0. The summed E-state index contributed by atoms with van der Waals surface area (Å²) >= 11 is 1.66. The topological polar surface area (TPSA) is 49.4 Å². The maximum Gasteiger partial charge on any atom is 0.225 e. The quantitative estimate of drug-likeness (QED) is 0.743. The fourth-order valence-corrected chi connectivity index (χ4v) is 4.64. The van der Waals surface area contributed by atoms with Crippen molar-refractivity contribution < 1.29 is 9.59 Å². The van der Waals surface area contributed by atoms with E-state index in [4.69, 9.17) is 0 Å². The summed E-state index contributed by atoms with van der Waals surface area (Å²) in [6.07, 6.45) is 4.42. The second-order valence-electron chi connectivity index (χ2n) is 7.48. The van der Waals surface area contributed by atoms with E-state index in [0.29, 0.717) is 13.0 Å². The van der Waals surface area contributed by atoms with Crippen LogP contribution in [0.1, 0.15) is 61.6 Å². The Hall–Kier alpha value is -2.14. The van der Waals surface area contributed by atoms with Crippen LogP contribution < -0.4 is 5.32 Å². The van der Waals surface area contributed by atoms with Gasteiger partial charge in [0, 0.05) is 24.4 Å². The van der Waals surface area contributed by atoms with Crippen molar-refractivity contribution in [1.29, 1.82) is 0 Å². The van der Waals surface area contributed by atoms with E-state index in [9.17, 15) is 9.59 Å². The minimum atomic E-state index is -0.138. The van der Waals surface area contributed by atoms with Gasteiger partial charge in [0.05, 0.1) is 12.0 Å². The van der Waals surface area contributed by atoms with Crippen molar-refractivity contribution in [1.82, 2.24) is 10.2 Å². The first-order chi connectivity index (χ1) is 13.6. The van der Waals surface area contributed by atoms with Crippen LogP contribution in [0.2, 0.25) is 0 Å². The van der Waals surface area contributed by atoms with Gasteiger partial charge in [0.25, 0.3) is 0 Å². The highest BCUT2D eigenvalue weighted by Gasteiger charge is 2.29. The van der Waals surface area contributed by atoms with E-state index in [1.165, 1.54) is 5.56 Å². The SMILES string of the molecule is CCCc1ccc(C(NC(=O)C2CCCN(C(=O)CC)C2)c2cccs2)cc1. The Bertz CT molecular complexity index is 770. The summed E-state index contributed by atoms with van der Waals surface area (Å²) in [4.78, 5) is 28.1. The number of hydrogen-bond acceptors (Lipinski definition) is 3. The molecule has 1 aromatic heterocycles. The molecule has 0 saturated carbocycles. The number of piperidine rings is 1. The van der Waals surface area contributed by atoms with Crippen molar-refractivity contribution in [3.05, 3.63) is 57.8 Å². The molecule has 2 aromatic rings. The fourth-order valence-electron chi connectivity index (χ4n) is 3.84. The molecule has 0 bridgehead atoms. The molecule has 0 radical (unpaired) electrons. The number of aryl methyl sites for hydroxylation is 1. The van der Waals surface area contributed by atoms with E-state index in [1.807, 2.05) is 23.3 Å². The third-order valence-electron chi connectivity index (χ3n) is 5.41. The number of rotatable bonds is 7. The highest BCUT2D eigenvalue weighted by Crippen LogP contribution is 2.28. The lowest BCUT2D eigenvalue weighted by atomic mass is 9.95. The first kappa shape index (κ1) is 20.6. The van der Waals surface area contributed by atoms with Crippen LogP contribution in [0, 0.1) is 5.92 Å². The number of amides is 2. The standard InChI is InChI=1S/C23H30N2O2S/c1-3-7-17-10-12-18(13-11-17)22(20-9-6-15-28-20)24-23(27)19-8-5-14-25(16-19)21(26)4-2/h6,9-13,15,19,22H,3-5,7-8,14,16H2,1-2H3,(H,24,27). The Labute approximate surface area is 172 Å². The van der Waals surface area contributed by atoms with Crippen molar-refractivity contribution in [2.75, 3.05) is 13.1 Å². The predicted molar refractivity (Wildman–Crippen MR) is 114 cm³/mol. The van der Waals surface area contributed by atoms with Gasteiger partial charge in [-0.05, 0) is 41.8 Å². The Morgan fingerprint density at radius 3 is 2.64 bits per heavy atom. The van der Waals surface area contributed by atoms with Crippen LogP contribution in [0.3, 0.4) is 0 Å². The highest BCUT2D eigenvalue weighted by molar-refractivity contribution is 7.10.